The highest BCUT2D eigenvalue weighted by Gasteiger charge is 2.18. The average molecular weight is 436 g/mol. The minimum absolute atomic E-state index is 0.0292. The molecule has 0 unspecified atom stereocenters. The van der Waals surface area contributed by atoms with E-state index in [4.69, 9.17) is 0 Å². The lowest BCUT2D eigenvalue weighted by Gasteiger charge is -2.10. The molecule has 3 aromatic rings. The summed E-state index contributed by atoms with van der Waals surface area (Å²) in [6, 6.07) is 12.2. The van der Waals surface area contributed by atoms with Crippen LogP contribution in [0.5, 0.6) is 0 Å². The smallest absolute Gasteiger partial charge is 0.264 e. The molecule has 0 bridgehead atoms. The van der Waals surface area contributed by atoms with E-state index in [1.807, 2.05) is 0 Å². The van der Waals surface area contributed by atoms with Crippen LogP contribution in [0.3, 0.4) is 0 Å². The third kappa shape index (κ3) is 5.48. The SMILES string of the molecule is Cc1ccnc(NS(=O)(=O)c2ccc(NS(=O)(=O)Cc3ccccc3F)cc2)n1. The van der Waals surface area contributed by atoms with E-state index in [1.165, 1.54) is 48.7 Å². The highest BCUT2D eigenvalue weighted by atomic mass is 32.2. The van der Waals surface area contributed by atoms with Crippen LogP contribution in [0.15, 0.2) is 65.7 Å². The number of anilines is 2. The number of sulfonamides is 2. The molecule has 0 aliphatic carbocycles. The molecule has 0 spiro atoms. The van der Waals surface area contributed by atoms with Gasteiger partial charge in [0.2, 0.25) is 16.0 Å². The summed E-state index contributed by atoms with van der Waals surface area (Å²) < 4.78 is 67.6. The van der Waals surface area contributed by atoms with E-state index in [0.717, 1.165) is 0 Å². The molecule has 0 fully saturated rings. The van der Waals surface area contributed by atoms with Crippen LogP contribution in [0, 0.1) is 12.7 Å². The molecule has 0 aliphatic heterocycles. The van der Waals surface area contributed by atoms with E-state index in [-0.39, 0.29) is 22.1 Å². The second-order valence-electron chi connectivity index (χ2n) is 6.10. The third-order valence-corrected chi connectivity index (χ3v) is 6.34. The molecule has 2 N–H and O–H groups in total. The van der Waals surface area contributed by atoms with Gasteiger partial charge >= 0.3 is 0 Å². The molecule has 3 rings (SSSR count). The zero-order valence-electron chi connectivity index (χ0n) is 15.2. The summed E-state index contributed by atoms with van der Waals surface area (Å²) in [5.41, 5.74) is 0.769. The molecule has 11 heteroatoms. The topological polar surface area (TPSA) is 118 Å². The zero-order valence-corrected chi connectivity index (χ0v) is 16.8. The van der Waals surface area contributed by atoms with Gasteiger partial charge in [0.25, 0.3) is 10.0 Å². The molecule has 2 aromatic carbocycles. The summed E-state index contributed by atoms with van der Waals surface area (Å²) in [6.45, 7) is 1.70. The summed E-state index contributed by atoms with van der Waals surface area (Å²) in [7, 11) is -7.83. The van der Waals surface area contributed by atoms with Crippen molar-refractivity contribution in [2.45, 2.75) is 17.6 Å². The fourth-order valence-corrected chi connectivity index (χ4v) is 4.58. The van der Waals surface area contributed by atoms with E-state index >= 15 is 0 Å². The van der Waals surface area contributed by atoms with Crippen LogP contribution in [0.1, 0.15) is 11.3 Å². The third-order valence-electron chi connectivity index (χ3n) is 3.76. The van der Waals surface area contributed by atoms with Gasteiger partial charge in [0.1, 0.15) is 5.82 Å². The van der Waals surface area contributed by atoms with Gasteiger partial charge in [0.05, 0.1) is 10.6 Å². The van der Waals surface area contributed by atoms with Crippen LogP contribution in [-0.2, 0) is 25.8 Å². The molecular formula is C18H17FN4O4S2. The van der Waals surface area contributed by atoms with Crippen molar-refractivity contribution in [2.75, 3.05) is 9.44 Å². The standard InChI is InChI=1S/C18H17FN4O4S2/c1-13-10-11-20-18(21-13)23-29(26,27)16-8-6-15(7-9-16)22-28(24,25)12-14-4-2-3-5-17(14)19/h2-11,22H,12H2,1H3,(H,20,21,23). The molecule has 0 amide bonds. The van der Waals surface area contributed by atoms with Gasteiger partial charge in [-0.25, -0.2) is 35.9 Å². The minimum Gasteiger partial charge on any atom is -0.283 e. The lowest BCUT2D eigenvalue weighted by Crippen LogP contribution is -2.17. The van der Waals surface area contributed by atoms with Gasteiger partial charge in [0, 0.05) is 23.1 Å². The number of halogens is 1. The largest absolute Gasteiger partial charge is 0.283 e. The molecule has 152 valence electrons. The first-order valence-corrected chi connectivity index (χ1v) is 11.4. The number of aryl methyl sites for hydroxylation is 1. The normalized spacial score (nSPS) is 11.8. The average Bonchev–Trinajstić information content (AvgIpc) is 2.63. The summed E-state index contributed by atoms with van der Waals surface area (Å²) >= 11 is 0. The van der Waals surface area contributed by atoms with Gasteiger partial charge in [-0.05, 0) is 43.3 Å². The Labute approximate surface area is 168 Å². The van der Waals surface area contributed by atoms with Crippen molar-refractivity contribution >= 4 is 31.7 Å². The summed E-state index contributed by atoms with van der Waals surface area (Å²) in [5, 5.41) is 0. The van der Waals surface area contributed by atoms with Crippen LogP contribution in [-0.4, -0.2) is 26.8 Å². The highest BCUT2D eigenvalue weighted by Crippen LogP contribution is 2.19. The van der Waals surface area contributed by atoms with Crippen molar-refractivity contribution in [2.24, 2.45) is 0 Å². The van der Waals surface area contributed by atoms with Gasteiger partial charge in [-0.3, -0.25) is 4.72 Å². The first kappa shape index (κ1) is 20.7. The molecule has 29 heavy (non-hydrogen) atoms. The van der Waals surface area contributed by atoms with Crippen LogP contribution < -0.4 is 9.44 Å². The molecule has 8 nitrogen and oxygen atoms in total. The fourth-order valence-electron chi connectivity index (χ4n) is 2.42. The Morgan fingerprint density at radius 2 is 1.62 bits per heavy atom. The van der Waals surface area contributed by atoms with Crippen LogP contribution in [0.25, 0.3) is 0 Å². The molecule has 0 saturated carbocycles. The molecular weight excluding hydrogens is 419 g/mol. The number of benzene rings is 2. The number of aromatic nitrogens is 2. The van der Waals surface area contributed by atoms with Gasteiger partial charge in [-0.2, -0.15) is 0 Å². The highest BCUT2D eigenvalue weighted by molar-refractivity contribution is 7.92. The van der Waals surface area contributed by atoms with Crippen molar-refractivity contribution in [3.05, 3.63) is 77.9 Å². The van der Waals surface area contributed by atoms with Crippen molar-refractivity contribution in [3.63, 3.8) is 0 Å². The summed E-state index contributed by atoms with van der Waals surface area (Å²) in [6.07, 6.45) is 1.42. The van der Waals surface area contributed by atoms with Crippen LogP contribution >= 0.6 is 0 Å². The van der Waals surface area contributed by atoms with E-state index < -0.39 is 31.6 Å². The first-order valence-electron chi connectivity index (χ1n) is 8.31. The summed E-state index contributed by atoms with van der Waals surface area (Å²) in [4.78, 5) is 7.72. The zero-order chi connectivity index (χ0) is 21.1. The number of nitrogens with one attached hydrogen (secondary N) is 2. The predicted molar refractivity (Wildman–Crippen MR) is 107 cm³/mol. The maximum Gasteiger partial charge on any atom is 0.264 e. The predicted octanol–water partition coefficient (Wildman–Crippen LogP) is 2.67. The lowest BCUT2D eigenvalue weighted by molar-refractivity contribution is 0.591. The quantitative estimate of drug-likeness (QED) is 0.588. The van der Waals surface area contributed by atoms with Gasteiger partial charge in [-0.1, -0.05) is 18.2 Å². The Bertz CT molecular complexity index is 1230. The van der Waals surface area contributed by atoms with E-state index in [2.05, 4.69) is 19.4 Å². The molecule has 1 heterocycles. The van der Waals surface area contributed by atoms with Crippen LogP contribution in [0.4, 0.5) is 16.0 Å². The number of hydrogen-bond acceptors (Lipinski definition) is 6. The van der Waals surface area contributed by atoms with E-state index in [0.29, 0.717) is 5.69 Å². The van der Waals surface area contributed by atoms with Crippen LogP contribution in [0.2, 0.25) is 0 Å². The fraction of sp³-hybridized carbons (Fsp3) is 0.111. The maximum absolute atomic E-state index is 13.7. The van der Waals surface area contributed by atoms with Crippen molar-refractivity contribution in [1.82, 2.24) is 9.97 Å². The molecule has 1 aromatic heterocycles. The Balaban J connectivity index is 1.73. The first-order chi connectivity index (χ1) is 13.6. The maximum atomic E-state index is 13.7. The van der Waals surface area contributed by atoms with Gasteiger partial charge in [-0.15, -0.1) is 0 Å². The summed E-state index contributed by atoms with van der Waals surface area (Å²) in [5.74, 6) is -1.24. The Hall–Kier alpha value is -3.05. The molecule has 0 atom stereocenters. The second-order valence-corrected chi connectivity index (χ2v) is 9.51. The van der Waals surface area contributed by atoms with E-state index in [1.54, 1.807) is 19.1 Å². The van der Waals surface area contributed by atoms with Crippen molar-refractivity contribution < 1.29 is 21.2 Å². The Kier molecular flexibility index (Phi) is 5.80. The minimum atomic E-state index is -3.95. The van der Waals surface area contributed by atoms with Crippen molar-refractivity contribution in [3.8, 4) is 0 Å². The second kappa shape index (κ2) is 8.13. The lowest BCUT2D eigenvalue weighted by atomic mass is 10.2. The van der Waals surface area contributed by atoms with Crippen molar-refractivity contribution in [1.29, 1.82) is 0 Å². The monoisotopic (exact) mass is 436 g/mol. The molecule has 0 saturated heterocycles. The number of hydrogen-bond donors (Lipinski definition) is 2. The Morgan fingerprint density at radius 1 is 0.931 bits per heavy atom. The van der Waals surface area contributed by atoms with E-state index in [9.17, 15) is 21.2 Å². The number of rotatable bonds is 7. The van der Waals surface area contributed by atoms with Gasteiger partial charge in [0.15, 0.2) is 0 Å². The Morgan fingerprint density at radius 3 is 2.28 bits per heavy atom. The molecule has 0 radical (unpaired) electrons. The number of nitrogens with zero attached hydrogens (tertiary/aromatic N) is 2. The molecule has 0 aliphatic rings. The van der Waals surface area contributed by atoms with Gasteiger partial charge < -0.3 is 0 Å².